The highest BCUT2D eigenvalue weighted by Gasteiger charge is 2.47. The molecule has 44 heavy (non-hydrogen) atoms. The van der Waals surface area contributed by atoms with Crippen LogP contribution in [-0.2, 0) is 15.6 Å². The van der Waals surface area contributed by atoms with Gasteiger partial charge >= 0.3 is 0 Å². The minimum absolute atomic E-state index is 0.0242. The number of rotatable bonds is 11. The van der Waals surface area contributed by atoms with Crippen molar-refractivity contribution >= 4 is 5.69 Å². The van der Waals surface area contributed by atoms with Gasteiger partial charge in [0.25, 0.3) is 0 Å². The number of likely N-dealkylation sites (tertiary alicyclic amines) is 2. The monoisotopic (exact) mass is 604 g/mol. The van der Waals surface area contributed by atoms with Gasteiger partial charge in [0, 0.05) is 89.2 Å². The molecular weight excluding hydrogens is 544 g/mol. The summed E-state index contributed by atoms with van der Waals surface area (Å²) in [7, 11) is 1.83. The first-order chi connectivity index (χ1) is 20.9. The summed E-state index contributed by atoms with van der Waals surface area (Å²) in [6.45, 7) is 28.6. The molecule has 0 spiro atoms. The zero-order valence-electron chi connectivity index (χ0n) is 29.1. The van der Waals surface area contributed by atoms with Gasteiger partial charge < -0.3 is 14.4 Å². The van der Waals surface area contributed by atoms with Gasteiger partial charge in [-0.1, -0.05) is 58.9 Å². The van der Waals surface area contributed by atoms with E-state index in [1.54, 1.807) is 0 Å². The fourth-order valence-corrected chi connectivity index (χ4v) is 7.25. The van der Waals surface area contributed by atoms with Crippen molar-refractivity contribution in [1.29, 1.82) is 0 Å². The number of benzene rings is 2. The van der Waals surface area contributed by atoms with E-state index in [1.165, 1.54) is 36.4 Å². The van der Waals surface area contributed by atoms with Gasteiger partial charge in [-0.2, -0.15) is 0 Å². The Morgan fingerprint density at radius 3 is 1.86 bits per heavy atom. The number of piperazine rings is 1. The quantitative estimate of drug-likeness (QED) is 0.300. The molecule has 2 aromatic carbocycles. The van der Waals surface area contributed by atoms with Crippen LogP contribution in [0.4, 0.5) is 5.69 Å². The van der Waals surface area contributed by atoms with Gasteiger partial charge in [-0.3, -0.25) is 14.7 Å². The van der Waals surface area contributed by atoms with Crippen LogP contribution < -0.4 is 9.64 Å². The molecule has 0 N–H and O–H groups in total. The SMILES string of the molecule is COC1CCN(CCOc2ccc(C(C)(C)C(C)(C)N3CC(CN4CCN(c5ccc(C(C)(C)C)cc5)CC4)C3)cc2)CC1. The maximum absolute atomic E-state index is 6.14. The summed E-state index contributed by atoms with van der Waals surface area (Å²) in [6, 6.07) is 18.2. The summed E-state index contributed by atoms with van der Waals surface area (Å²) >= 11 is 0. The number of hydrogen-bond acceptors (Lipinski definition) is 6. The van der Waals surface area contributed by atoms with E-state index in [1.807, 2.05) is 7.11 Å². The van der Waals surface area contributed by atoms with Crippen molar-refractivity contribution in [2.75, 3.05) is 84.1 Å². The third kappa shape index (κ3) is 7.63. The van der Waals surface area contributed by atoms with E-state index < -0.39 is 0 Å². The van der Waals surface area contributed by atoms with E-state index in [9.17, 15) is 0 Å². The van der Waals surface area contributed by atoms with Crippen molar-refractivity contribution in [3.63, 3.8) is 0 Å². The summed E-state index contributed by atoms with van der Waals surface area (Å²) in [5.74, 6) is 1.74. The Bertz CT molecular complexity index is 1160. The second-order valence-electron chi connectivity index (χ2n) is 15.7. The van der Waals surface area contributed by atoms with E-state index in [2.05, 4.69) is 117 Å². The molecule has 6 heteroatoms. The molecular formula is C38H60N4O2. The molecule has 0 radical (unpaired) electrons. The van der Waals surface area contributed by atoms with Crippen LogP contribution in [0.25, 0.3) is 0 Å². The molecule has 6 nitrogen and oxygen atoms in total. The molecule has 3 fully saturated rings. The molecule has 0 bridgehead atoms. The van der Waals surface area contributed by atoms with Crippen molar-refractivity contribution in [2.24, 2.45) is 5.92 Å². The zero-order valence-corrected chi connectivity index (χ0v) is 29.1. The van der Waals surface area contributed by atoms with Crippen LogP contribution in [-0.4, -0.2) is 106 Å². The van der Waals surface area contributed by atoms with Gasteiger partial charge in [-0.15, -0.1) is 0 Å². The van der Waals surface area contributed by atoms with E-state index >= 15 is 0 Å². The van der Waals surface area contributed by atoms with Gasteiger partial charge in [0.1, 0.15) is 12.4 Å². The minimum atomic E-state index is 0.0242. The van der Waals surface area contributed by atoms with Crippen LogP contribution >= 0.6 is 0 Å². The average Bonchev–Trinajstić information content (AvgIpc) is 2.99. The molecule has 0 unspecified atom stereocenters. The summed E-state index contributed by atoms with van der Waals surface area (Å²) in [5.41, 5.74) is 4.46. The summed E-state index contributed by atoms with van der Waals surface area (Å²) in [4.78, 5) is 10.5. The van der Waals surface area contributed by atoms with E-state index in [0.717, 1.165) is 76.9 Å². The maximum Gasteiger partial charge on any atom is 0.119 e. The molecule has 0 atom stereocenters. The summed E-state index contributed by atoms with van der Waals surface area (Å²) in [5, 5.41) is 0. The number of anilines is 1. The van der Waals surface area contributed by atoms with Crippen molar-refractivity contribution in [3.05, 3.63) is 59.7 Å². The van der Waals surface area contributed by atoms with E-state index in [0.29, 0.717) is 6.10 Å². The molecule has 0 aliphatic carbocycles. The molecule has 3 aliphatic rings. The lowest BCUT2D eigenvalue weighted by molar-refractivity contribution is -0.0445. The highest BCUT2D eigenvalue weighted by Crippen LogP contribution is 2.42. The second kappa shape index (κ2) is 13.7. The summed E-state index contributed by atoms with van der Waals surface area (Å²) < 4.78 is 11.6. The Balaban J connectivity index is 1.04. The van der Waals surface area contributed by atoms with Gasteiger partial charge in [0.15, 0.2) is 0 Å². The van der Waals surface area contributed by atoms with Crippen molar-refractivity contribution < 1.29 is 9.47 Å². The topological polar surface area (TPSA) is 31.4 Å². The molecule has 3 aliphatic heterocycles. The van der Waals surface area contributed by atoms with Gasteiger partial charge in [-0.05, 0) is 73.4 Å². The molecule has 0 saturated carbocycles. The predicted molar refractivity (Wildman–Crippen MR) is 184 cm³/mol. The standard InChI is InChI=1S/C38H60N4O2/c1-36(2,3)31-9-13-33(14-10-31)41-23-21-40(22-24-41)27-30-28-42(29-30)38(6,7)37(4,5)32-11-15-35(16-12-32)44-26-25-39-19-17-34(43-8)18-20-39/h9-16,30,34H,17-29H2,1-8H3. The molecule has 3 saturated heterocycles. The molecule has 244 valence electrons. The van der Waals surface area contributed by atoms with Gasteiger partial charge in [0.2, 0.25) is 0 Å². The largest absolute Gasteiger partial charge is 0.492 e. The lowest BCUT2D eigenvalue weighted by atomic mass is 9.67. The zero-order chi connectivity index (χ0) is 31.5. The first-order valence-corrected chi connectivity index (χ1v) is 17.2. The number of methoxy groups -OCH3 is 1. The minimum Gasteiger partial charge on any atom is -0.492 e. The van der Waals surface area contributed by atoms with Gasteiger partial charge in [-0.25, -0.2) is 0 Å². The number of hydrogen-bond donors (Lipinski definition) is 0. The van der Waals surface area contributed by atoms with Crippen molar-refractivity contribution in [3.8, 4) is 5.75 Å². The van der Waals surface area contributed by atoms with Crippen LogP contribution in [0.3, 0.4) is 0 Å². The fraction of sp³-hybridized carbons (Fsp3) is 0.684. The van der Waals surface area contributed by atoms with Crippen LogP contribution in [0.5, 0.6) is 5.75 Å². The van der Waals surface area contributed by atoms with Crippen LogP contribution in [0.2, 0.25) is 0 Å². The number of nitrogens with zero attached hydrogens (tertiary/aromatic N) is 4. The Morgan fingerprint density at radius 2 is 1.30 bits per heavy atom. The predicted octanol–water partition coefficient (Wildman–Crippen LogP) is 6.28. The molecule has 0 aromatic heterocycles. The molecule has 2 aromatic rings. The van der Waals surface area contributed by atoms with Crippen molar-refractivity contribution in [2.45, 2.75) is 83.8 Å². The third-order valence-corrected chi connectivity index (χ3v) is 11.4. The Hall–Kier alpha value is -2.12. The van der Waals surface area contributed by atoms with Crippen LogP contribution in [0.1, 0.15) is 72.4 Å². The first kappa shape index (κ1) is 33.2. The molecule has 3 heterocycles. The number of piperidine rings is 1. The smallest absolute Gasteiger partial charge is 0.119 e. The number of ether oxygens (including phenoxy) is 2. The maximum atomic E-state index is 6.14. The molecule has 0 amide bonds. The van der Waals surface area contributed by atoms with E-state index in [-0.39, 0.29) is 16.4 Å². The molecule has 5 rings (SSSR count). The van der Waals surface area contributed by atoms with Crippen LogP contribution in [0, 0.1) is 5.92 Å². The Labute approximate surface area is 268 Å². The second-order valence-corrected chi connectivity index (χ2v) is 15.7. The third-order valence-electron chi connectivity index (χ3n) is 11.4. The first-order valence-electron chi connectivity index (χ1n) is 17.2. The van der Waals surface area contributed by atoms with E-state index in [4.69, 9.17) is 9.47 Å². The summed E-state index contributed by atoms with van der Waals surface area (Å²) in [6.07, 6.45) is 2.68. The van der Waals surface area contributed by atoms with Crippen molar-refractivity contribution in [1.82, 2.24) is 14.7 Å². The lowest BCUT2D eigenvalue weighted by Crippen LogP contribution is -2.65. The highest BCUT2D eigenvalue weighted by atomic mass is 16.5. The highest BCUT2D eigenvalue weighted by molar-refractivity contribution is 5.49. The fourth-order valence-electron chi connectivity index (χ4n) is 7.25. The lowest BCUT2D eigenvalue weighted by Gasteiger charge is -2.57. The normalized spacial score (nSPS) is 20.6. The Morgan fingerprint density at radius 1 is 0.705 bits per heavy atom. The average molecular weight is 605 g/mol. The van der Waals surface area contributed by atoms with Gasteiger partial charge in [0.05, 0.1) is 6.10 Å². The van der Waals surface area contributed by atoms with Crippen LogP contribution in [0.15, 0.2) is 48.5 Å². The Kier molecular flexibility index (Phi) is 10.4.